The fraction of sp³-hybridized carbons (Fsp3) is 0.381. The van der Waals surface area contributed by atoms with Gasteiger partial charge in [-0.1, -0.05) is 17.7 Å². The maximum Gasteiger partial charge on any atom is 0.254 e. The molecule has 0 radical (unpaired) electrons. The highest BCUT2D eigenvalue weighted by Gasteiger charge is 2.24. The van der Waals surface area contributed by atoms with Crippen LogP contribution in [0.1, 0.15) is 22.8 Å². The lowest BCUT2D eigenvalue weighted by atomic mass is 10.1. The van der Waals surface area contributed by atoms with Gasteiger partial charge in [0.2, 0.25) is 0 Å². The van der Waals surface area contributed by atoms with E-state index >= 15 is 0 Å². The van der Waals surface area contributed by atoms with Crippen molar-refractivity contribution in [3.05, 3.63) is 52.5 Å². The van der Waals surface area contributed by atoms with Gasteiger partial charge in [-0.25, -0.2) is 0 Å². The summed E-state index contributed by atoms with van der Waals surface area (Å²) in [6.07, 6.45) is 0. The van der Waals surface area contributed by atoms with Gasteiger partial charge >= 0.3 is 0 Å². The summed E-state index contributed by atoms with van der Waals surface area (Å²) in [6.45, 7) is 7.40. The Balaban J connectivity index is 1.70. The highest BCUT2D eigenvalue weighted by Crippen LogP contribution is 2.29. The highest BCUT2D eigenvalue weighted by molar-refractivity contribution is 6.30. The van der Waals surface area contributed by atoms with Gasteiger partial charge in [0, 0.05) is 42.5 Å². The van der Waals surface area contributed by atoms with Gasteiger partial charge in [0.05, 0.1) is 13.7 Å². The predicted octanol–water partition coefficient (Wildman–Crippen LogP) is 4.02. The summed E-state index contributed by atoms with van der Waals surface area (Å²) in [4.78, 5) is 17.1. The highest BCUT2D eigenvalue weighted by atomic mass is 35.5. The maximum absolute atomic E-state index is 12.9. The third-order valence-electron chi connectivity index (χ3n) is 4.79. The van der Waals surface area contributed by atoms with Crippen molar-refractivity contribution in [3.63, 3.8) is 0 Å². The van der Waals surface area contributed by atoms with Crippen LogP contribution >= 0.6 is 11.6 Å². The van der Waals surface area contributed by atoms with Crippen molar-refractivity contribution in [1.82, 2.24) is 4.90 Å². The number of hydrogen-bond acceptors (Lipinski definition) is 4. The summed E-state index contributed by atoms with van der Waals surface area (Å²) in [7, 11) is 1.59. The molecule has 0 N–H and O–H groups in total. The normalized spacial score (nSPS) is 14.2. The van der Waals surface area contributed by atoms with E-state index in [0.29, 0.717) is 36.8 Å². The number of hydrogen-bond donors (Lipinski definition) is 0. The number of carbonyl (C=O) groups is 1. The molecule has 1 aliphatic heterocycles. The second-order valence-electron chi connectivity index (χ2n) is 6.51. The summed E-state index contributed by atoms with van der Waals surface area (Å²) in [5, 5.41) is 0.732. The molecule has 0 aromatic heterocycles. The number of carbonyl (C=O) groups excluding carboxylic acids is 1. The molecular formula is C21H25ClN2O3. The molecule has 1 fully saturated rings. The first-order valence-corrected chi connectivity index (χ1v) is 9.52. The molecule has 0 aliphatic carbocycles. The zero-order valence-corrected chi connectivity index (χ0v) is 16.8. The van der Waals surface area contributed by atoms with Gasteiger partial charge in [-0.05, 0) is 49.7 Å². The van der Waals surface area contributed by atoms with Crippen molar-refractivity contribution in [2.75, 3.05) is 44.8 Å². The van der Waals surface area contributed by atoms with Gasteiger partial charge in [0.25, 0.3) is 5.91 Å². The van der Waals surface area contributed by atoms with E-state index in [1.165, 1.54) is 5.56 Å². The number of amides is 1. The molecule has 2 aromatic carbocycles. The predicted molar refractivity (Wildman–Crippen MR) is 108 cm³/mol. The molecule has 2 aromatic rings. The molecule has 5 nitrogen and oxygen atoms in total. The molecule has 1 heterocycles. The van der Waals surface area contributed by atoms with Crippen LogP contribution in [0.15, 0.2) is 36.4 Å². The Morgan fingerprint density at radius 2 is 1.81 bits per heavy atom. The number of aryl methyl sites for hydroxylation is 1. The van der Waals surface area contributed by atoms with Gasteiger partial charge in [0.1, 0.15) is 0 Å². The van der Waals surface area contributed by atoms with Crippen LogP contribution < -0.4 is 14.4 Å². The Bertz CT molecular complexity index is 817. The lowest BCUT2D eigenvalue weighted by Crippen LogP contribution is -2.49. The van der Waals surface area contributed by atoms with E-state index in [1.54, 1.807) is 25.3 Å². The molecule has 0 bridgehead atoms. The Kier molecular flexibility index (Phi) is 6.11. The minimum Gasteiger partial charge on any atom is -0.493 e. The van der Waals surface area contributed by atoms with Gasteiger partial charge < -0.3 is 19.3 Å². The molecule has 1 amide bonds. The Labute approximate surface area is 165 Å². The monoisotopic (exact) mass is 388 g/mol. The molecule has 0 saturated carbocycles. The van der Waals surface area contributed by atoms with E-state index in [4.69, 9.17) is 21.1 Å². The van der Waals surface area contributed by atoms with Crippen molar-refractivity contribution >= 4 is 23.2 Å². The minimum atomic E-state index is 0.0149. The lowest BCUT2D eigenvalue weighted by Gasteiger charge is -2.37. The number of ether oxygens (including phenoxy) is 2. The summed E-state index contributed by atoms with van der Waals surface area (Å²) < 4.78 is 10.9. The Hall–Kier alpha value is -2.40. The Morgan fingerprint density at radius 3 is 2.48 bits per heavy atom. The fourth-order valence-corrected chi connectivity index (χ4v) is 3.50. The van der Waals surface area contributed by atoms with Crippen LogP contribution in [-0.4, -0.2) is 50.7 Å². The van der Waals surface area contributed by atoms with Crippen LogP contribution in [0.4, 0.5) is 5.69 Å². The van der Waals surface area contributed by atoms with E-state index in [0.717, 1.165) is 23.8 Å². The number of benzene rings is 2. The number of piperazine rings is 1. The van der Waals surface area contributed by atoms with Crippen LogP contribution in [0.5, 0.6) is 11.5 Å². The Morgan fingerprint density at radius 1 is 1.07 bits per heavy atom. The largest absolute Gasteiger partial charge is 0.493 e. The van der Waals surface area contributed by atoms with E-state index in [9.17, 15) is 4.79 Å². The van der Waals surface area contributed by atoms with E-state index in [-0.39, 0.29) is 5.91 Å². The molecule has 3 rings (SSSR count). The second kappa shape index (κ2) is 8.53. The molecule has 0 spiro atoms. The maximum atomic E-state index is 12.9. The SMILES string of the molecule is CCOc1cc(C(=O)N2CCN(c3cc(Cl)ccc3C)CC2)ccc1OC. The van der Waals surface area contributed by atoms with Crippen LogP contribution in [0.2, 0.25) is 5.02 Å². The number of halogens is 1. The van der Waals surface area contributed by atoms with E-state index in [1.807, 2.05) is 30.0 Å². The summed E-state index contributed by atoms with van der Waals surface area (Å²) in [5.41, 5.74) is 2.94. The molecule has 1 saturated heterocycles. The average molecular weight is 389 g/mol. The minimum absolute atomic E-state index is 0.0149. The molecule has 1 aliphatic rings. The van der Waals surface area contributed by atoms with Gasteiger partial charge in [-0.15, -0.1) is 0 Å². The zero-order valence-electron chi connectivity index (χ0n) is 16.0. The third-order valence-corrected chi connectivity index (χ3v) is 5.02. The van der Waals surface area contributed by atoms with Crippen LogP contribution in [0, 0.1) is 6.92 Å². The molecular weight excluding hydrogens is 364 g/mol. The third kappa shape index (κ3) is 4.30. The smallest absolute Gasteiger partial charge is 0.254 e. The van der Waals surface area contributed by atoms with Crippen LogP contribution in [-0.2, 0) is 0 Å². The first kappa shape index (κ1) is 19.4. The quantitative estimate of drug-likeness (QED) is 0.775. The number of nitrogens with zero attached hydrogens (tertiary/aromatic N) is 2. The van der Waals surface area contributed by atoms with Crippen LogP contribution in [0.25, 0.3) is 0 Å². The van der Waals surface area contributed by atoms with Gasteiger partial charge in [-0.3, -0.25) is 4.79 Å². The summed E-state index contributed by atoms with van der Waals surface area (Å²) in [5.74, 6) is 1.25. The van der Waals surface area contributed by atoms with Crippen molar-refractivity contribution in [2.45, 2.75) is 13.8 Å². The number of rotatable bonds is 5. The molecule has 6 heteroatoms. The fourth-order valence-electron chi connectivity index (χ4n) is 3.33. The van der Waals surface area contributed by atoms with Crippen molar-refractivity contribution in [2.24, 2.45) is 0 Å². The van der Waals surface area contributed by atoms with Crippen molar-refractivity contribution in [3.8, 4) is 11.5 Å². The first-order chi connectivity index (χ1) is 13.0. The second-order valence-corrected chi connectivity index (χ2v) is 6.95. The van der Waals surface area contributed by atoms with E-state index in [2.05, 4.69) is 11.8 Å². The standard InChI is InChI=1S/C21H25ClN2O3/c1-4-27-20-13-16(6-8-19(20)26-3)21(25)24-11-9-23(10-12-24)18-14-17(22)7-5-15(18)2/h5-8,13-14H,4,9-12H2,1-3H3. The lowest BCUT2D eigenvalue weighted by molar-refractivity contribution is 0.0746. The summed E-state index contributed by atoms with van der Waals surface area (Å²) in [6, 6.07) is 11.3. The molecule has 27 heavy (non-hydrogen) atoms. The van der Waals surface area contributed by atoms with E-state index < -0.39 is 0 Å². The average Bonchev–Trinajstić information content (AvgIpc) is 2.69. The van der Waals surface area contributed by atoms with Gasteiger partial charge in [-0.2, -0.15) is 0 Å². The molecule has 0 atom stereocenters. The number of anilines is 1. The first-order valence-electron chi connectivity index (χ1n) is 9.14. The van der Waals surface area contributed by atoms with Crippen molar-refractivity contribution < 1.29 is 14.3 Å². The number of methoxy groups -OCH3 is 1. The zero-order chi connectivity index (χ0) is 19.4. The molecule has 144 valence electrons. The van der Waals surface area contributed by atoms with Crippen LogP contribution in [0.3, 0.4) is 0 Å². The van der Waals surface area contributed by atoms with Crippen molar-refractivity contribution in [1.29, 1.82) is 0 Å². The topological polar surface area (TPSA) is 42.0 Å². The summed E-state index contributed by atoms with van der Waals surface area (Å²) >= 11 is 6.15. The van der Waals surface area contributed by atoms with Gasteiger partial charge in [0.15, 0.2) is 11.5 Å². The molecule has 0 unspecified atom stereocenters.